The zero-order valence-corrected chi connectivity index (χ0v) is 9.10. The highest BCUT2D eigenvalue weighted by molar-refractivity contribution is 5.78. The molecule has 1 N–H and O–H groups in total. The molecule has 92 valence electrons. The number of hydrogen-bond acceptors (Lipinski definition) is 2. The van der Waals surface area contributed by atoms with Gasteiger partial charge in [0.05, 0.1) is 13.1 Å². The lowest BCUT2D eigenvalue weighted by Crippen LogP contribution is -2.43. The van der Waals surface area contributed by atoms with Crippen LogP contribution in [0.25, 0.3) is 0 Å². The van der Waals surface area contributed by atoms with Crippen LogP contribution >= 0.6 is 0 Å². The van der Waals surface area contributed by atoms with Crippen molar-refractivity contribution in [2.75, 3.05) is 26.2 Å². The average molecular weight is 236 g/mol. The number of carbonyl (C=O) groups excluding carboxylic acids is 1. The lowest BCUT2D eigenvalue weighted by atomic mass is 10.3. The van der Waals surface area contributed by atoms with E-state index < -0.39 is 18.6 Å². The molecule has 0 radical (unpaired) electrons. The summed E-state index contributed by atoms with van der Waals surface area (Å²) in [6.07, 6.45) is 1.05. The van der Waals surface area contributed by atoms with Crippen LogP contribution in [-0.2, 0) is 4.79 Å². The molecule has 3 nitrogen and oxygen atoms in total. The number of nitrogens with one attached hydrogen (secondary N) is 1. The van der Waals surface area contributed by atoms with E-state index in [4.69, 9.17) is 6.42 Å². The molecule has 0 aromatic heterocycles. The summed E-state index contributed by atoms with van der Waals surface area (Å²) in [6.45, 7) is 0.594. The van der Waals surface area contributed by atoms with Gasteiger partial charge in [-0.2, -0.15) is 13.2 Å². The summed E-state index contributed by atoms with van der Waals surface area (Å²) < 4.78 is 36.4. The number of halogens is 3. The van der Waals surface area contributed by atoms with Gasteiger partial charge in [0.2, 0.25) is 5.91 Å². The van der Waals surface area contributed by atoms with Crippen molar-refractivity contribution in [3.05, 3.63) is 0 Å². The zero-order chi connectivity index (χ0) is 12.6. The Morgan fingerprint density at radius 1 is 1.50 bits per heavy atom. The van der Waals surface area contributed by atoms with Crippen molar-refractivity contribution >= 4 is 5.91 Å². The van der Waals surface area contributed by atoms with E-state index in [1.807, 2.05) is 0 Å². The number of amides is 1. The maximum absolute atomic E-state index is 12.1. The first-order valence-corrected chi connectivity index (χ1v) is 4.89. The molecule has 0 spiro atoms. The van der Waals surface area contributed by atoms with Gasteiger partial charge in [-0.05, 0) is 6.42 Å². The maximum atomic E-state index is 12.1. The molecule has 0 atom stereocenters. The van der Waals surface area contributed by atoms with E-state index >= 15 is 0 Å². The van der Waals surface area contributed by atoms with Crippen molar-refractivity contribution in [2.24, 2.45) is 0 Å². The fraction of sp³-hybridized carbons (Fsp3) is 0.700. The molecule has 0 saturated carbocycles. The fourth-order valence-corrected chi connectivity index (χ4v) is 1.13. The van der Waals surface area contributed by atoms with Crippen LogP contribution in [0.2, 0.25) is 0 Å². The second kappa shape index (κ2) is 7.12. The highest BCUT2D eigenvalue weighted by Crippen LogP contribution is 2.16. The van der Waals surface area contributed by atoms with Crippen molar-refractivity contribution in [3.63, 3.8) is 0 Å². The number of carbonyl (C=O) groups is 1. The van der Waals surface area contributed by atoms with Gasteiger partial charge >= 0.3 is 6.18 Å². The molecule has 16 heavy (non-hydrogen) atoms. The van der Waals surface area contributed by atoms with Gasteiger partial charge in [-0.25, -0.2) is 0 Å². The molecule has 6 heteroatoms. The smallest absolute Gasteiger partial charge is 0.332 e. The molecular formula is C10H15F3N2O. The van der Waals surface area contributed by atoms with Crippen LogP contribution in [0.4, 0.5) is 13.2 Å². The fourth-order valence-electron chi connectivity index (χ4n) is 1.13. The number of nitrogens with zero attached hydrogens (tertiary/aromatic N) is 1. The number of hydrogen-bond donors (Lipinski definition) is 1. The van der Waals surface area contributed by atoms with Crippen LogP contribution in [0, 0.1) is 12.3 Å². The highest BCUT2D eigenvalue weighted by Gasteiger charge is 2.32. The average Bonchev–Trinajstić information content (AvgIpc) is 2.15. The van der Waals surface area contributed by atoms with Crippen LogP contribution in [-0.4, -0.2) is 43.2 Å². The predicted octanol–water partition coefficient (Wildman–Crippen LogP) is 1.01. The van der Waals surface area contributed by atoms with E-state index in [9.17, 15) is 18.0 Å². The Bertz CT molecular complexity index is 258. The van der Waals surface area contributed by atoms with Crippen molar-refractivity contribution in [3.8, 4) is 12.3 Å². The van der Waals surface area contributed by atoms with Crippen LogP contribution in [0.3, 0.4) is 0 Å². The topological polar surface area (TPSA) is 32.3 Å². The van der Waals surface area contributed by atoms with E-state index in [1.165, 1.54) is 0 Å². The second-order valence-corrected chi connectivity index (χ2v) is 3.24. The van der Waals surface area contributed by atoms with Gasteiger partial charge in [-0.3, -0.25) is 10.1 Å². The quantitative estimate of drug-likeness (QED) is 0.551. The SMILES string of the molecule is C#CCNCC(=O)N(CCC)CC(F)(F)F. The Kier molecular flexibility index (Phi) is 6.58. The third-order valence-electron chi connectivity index (χ3n) is 1.72. The first-order valence-electron chi connectivity index (χ1n) is 4.89. The Hall–Kier alpha value is -1.22. The third kappa shape index (κ3) is 7.12. The summed E-state index contributed by atoms with van der Waals surface area (Å²) >= 11 is 0. The summed E-state index contributed by atoms with van der Waals surface area (Å²) in [4.78, 5) is 12.2. The molecule has 0 aromatic carbocycles. The van der Waals surface area contributed by atoms with Crippen molar-refractivity contribution in [1.82, 2.24) is 10.2 Å². The molecule has 1 amide bonds. The minimum atomic E-state index is -4.36. The standard InChI is InChI=1S/C10H15F3N2O/c1-3-5-14-7-9(16)15(6-4-2)8-10(11,12)13/h1,14H,4-8H2,2H3. The molecule has 0 saturated heterocycles. The van der Waals surface area contributed by atoms with Crippen molar-refractivity contribution in [2.45, 2.75) is 19.5 Å². The largest absolute Gasteiger partial charge is 0.406 e. The van der Waals surface area contributed by atoms with E-state index in [1.54, 1.807) is 6.92 Å². The molecule has 0 aliphatic heterocycles. The maximum Gasteiger partial charge on any atom is 0.406 e. The van der Waals surface area contributed by atoms with Crippen LogP contribution in [0.15, 0.2) is 0 Å². The lowest BCUT2D eigenvalue weighted by Gasteiger charge is -2.23. The molecular weight excluding hydrogens is 221 g/mol. The van der Waals surface area contributed by atoms with Crippen molar-refractivity contribution in [1.29, 1.82) is 0 Å². The van der Waals surface area contributed by atoms with Gasteiger partial charge in [-0.15, -0.1) is 6.42 Å². The molecule has 0 heterocycles. The first-order chi connectivity index (χ1) is 7.40. The first kappa shape index (κ1) is 14.8. The van der Waals surface area contributed by atoms with E-state index in [-0.39, 0.29) is 19.6 Å². The number of alkyl halides is 3. The molecule has 0 rings (SSSR count). The van der Waals surface area contributed by atoms with Gasteiger partial charge in [0.25, 0.3) is 0 Å². The highest BCUT2D eigenvalue weighted by atomic mass is 19.4. The predicted molar refractivity (Wildman–Crippen MR) is 54.6 cm³/mol. The third-order valence-corrected chi connectivity index (χ3v) is 1.72. The normalized spacial score (nSPS) is 10.9. The van der Waals surface area contributed by atoms with Gasteiger partial charge in [0.15, 0.2) is 0 Å². The molecule has 0 bridgehead atoms. The number of rotatable bonds is 6. The lowest BCUT2D eigenvalue weighted by molar-refractivity contribution is -0.160. The number of terminal acetylenes is 1. The van der Waals surface area contributed by atoms with Crippen LogP contribution < -0.4 is 5.32 Å². The Morgan fingerprint density at radius 2 is 2.12 bits per heavy atom. The van der Waals surface area contributed by atoms with E-state index in [2.05, 4.69) is 11.2 Å². The molecule has 0 unspecified atom stereocenters. The monoisotopic (exact) mass is 236 g/mol. The molecule has 0 fully saturated rings. The summed E-state index contributed by atoms with van der Waals surface area (Å²) in [5, 5.41) is 2.56. The Morgan fingerprint density at radius 3 is 2.56 bits per heavy atom. The zero-order valence-electron chi connectivity index (χ0n) is 9.10. The minimum absolute atomic E-state index is 0.0933. The summed E-state index contributed by atoms with van der Waals surface area (Å²) in [7, 11) is 0. The summed E-state index contributed by atoms with van der Waals surface area (Å²) in [5.41, 5.74) is 0. The summed E-state index contributed by atoms with van der Waals surface area (Å²) in [5.74, 6) is 1.65. The molecule has 0 aromatic rings. The van der Waals surface area contributed by atoms with Gasteiger partial charge in [0, 0.05) is 6.54 Å². The Balaban J connectivity index is 4.19. The molecule has 0 aliphatic rings. The minimum Gasteiger partial charge on any atom is -0.332 e. The van der Waals surface area contributed by atoms with Gasteiger partial charge in [-0.1, -0.05) is 12.8 Å². The van der Waals surface area contributed by atoms with E-state index in [0.717, 1.165) is 4.90 Å². The summed E-state index contributed by atoms with van der Waals surface area (Å²) in [6, 6.07) is 0. The van der Waals surface area contributed by atoms with Crippen LogP contribution in [0.1, 0.15) is 13.3 Å². The van der Waals surface area contributed by atoms with Crippen molar-refractivity contribution < 1.29 is 18.0 Å². The van der Waals surface area contributed by atoms with Crippen LogP contribution in [0.5, 0.6) is 0 Å². The Labute approximate surface area is 93.0 Å². The van der Waals surface area contributed by atoms with Gasteiger partial charge < -0.3 is 4.90 Å². The molecule has 0 aliphatic carbocycles. The van der Waals surface area contributed by atoms with E-state index in [0.29, 0.717) is 6.42 Å². The second-order valence-electron chi connectivity index (χ2n) is 3.24. The van der Waals surface area contributed by atoms with Gasteiger partial charge in [0.1, 0.15) is 6.54 Å².